The molecule has 4 heteroatoms. The highest BCUT2D eigenvalue weighted by molar-refractivity contribution is 6.02. The zero-order valence-electron chi connectivity index (χ0n) is 16.8. The molecule has 2 fully saturated rings. The molecule has 1 unspecified atom stereocenters. The van der Waals surface area contributed by atoms with E-state index in [0.29, 0.717) is 22.6 Å². The van der Waals surface area contributed by atoms with Gasteiger partial charge in [0, 0.05) is 42.0 Å². The Morgan fingerprint density at radius 3 is 2.48 bits per heavy atom. The first-order valence-electron chi connectivity index (χ1n) is 10.5. The lowest BCUT2D eigenvalue weighted by Crippen LogP contribution is -2.32. The zero-order chi connectivity index (χ0) is 20.0. The summed E-state index contributed by atoms with van der Waals surface area (Å²) in [6, 6.07) is 11.3. The van der Waals surface area contributed by atoms with Crippen LogP contribution in [0.2, 0.25) is 0 Å². The van der Waals surface area contributed by atoms with Crippen LogP contribution >= 0.6 is 0 Å². The summed E-state index contributed by atoms with van der Waals surface area (Å²) in [5.41, 5.74) is 6.07. The van der Waals surface area contributed by atoms with Gasteiger partial charge in [0.25, 0.3) is 5.92 Å². The van der Waals surface area contributed by atoms with Gasteiger partial charge in [0.15, 0.2) is 0 Å². The molecule has 2 aromatic carbocycles. The van der Waals surface area contributed by atoms with Gasteiger partial charge in [-0.15, -0.1) is 0 Å². The van der Waals surface area contributed by atoms with Gasteiger partial charge in [0.05, 0.1) is 0 Å². The summed E-state index contributed by atoms with van der Waals surface area (Å²) in [5, 5.41) is 0. The Kier molecular flexibility index (Phi) is 3.40. The fourth-order valence-electron chi connectivity index (χ4n) is 5.55. The highest BCUT2D eigenvalue weighted by Crippen LogP contribution is 2.55. The normalized spacial score (nSPS) is 25.7. The molecule has 2 heterocycles. The van der Waals surface area contributed by atoms with E-state index in [1.165, 1.54) is 25.0 Å². The minimum atomic E-state index is -2.94. The van der Waals surface area contributed by atoms with Crippen molar-refractivity contribution in [3.05, 3.63) is 64.9 Å². The average Bonchev–Trinajstić information content (AvgIpc) is 3.05. The number of alkyl halides is 2. The van der Waals surface area contributed by atoms with E-state index in [1.807, 2.05) is 37.4 Å². The van der Waals surface area contributed by atoms with E-state index in [4.69, 9.17) is 4.99 Å². The first-order valence-corrected chi connectivity index (χ1v) is 10.5. The van der Waals surface area contributed by atoms with E-state index in [2.05, 4.69) is 11.9 Å². The number of nitrogens with zero attached hydrogens (tertiary/aromatic N) is 2. The Balaban J connectivity index is 1.29. The first kappa shape index (κ1) is 17.5. The van der Waals surface area contributed by atoms with Gasteiger partial charge < -0.3 is 0 Å². The number of fused-ring (bicyclic) bond motifs is 3. The van der Waals surface area contributed by atoms with Crippen LogP contribution in [0.25, 0.3) is 16.7 Å². The molecule has 4 aliphatic rings. The maximum absolute atomic E-state index is 15.2. The predicted octanol–water partition coefficient (Wildman–Crippen LogP) is 5.79. The van der Waals surface area contributed by atoms with Crippen LogP contribution in [0.4, 0.5) is 8.78 Å². The Morgan fingerprint density at radius 2 is 1.76 bits per heavy atom. The van der Waals surface area contributed by atoms with Crippen LogP contribution in [0.5, 0.6) is 0 Å². The Labute approximate surface area is 170 Å². The standard InChI is InChI=1S/C25H24F2N2/c1-15-3-5-18-19-6-4-16(10-21(19)25(26,27)20(18)9-15)17-11-22(28-13-17)23-12-24(7-8-24)14-29(23)2/h3-6,9-10,13,23H,7-8,11-12,14H2,1-2H3. The summed E-state index contributed by atoms with van der Waals surface area (Å²) in [5.74, 6) is -2.94. The van der Waals surface area contributed by atoms with E-state index in [-0.39, 0.29) is 11.1 Å². The third kappa shape index (κ3) is 2.51. The van der Waals surface area contributed by atoms with Crippen molar-refractivity contribution in [2.24, 2.45) is 10.4 Å². The molecule has 1 saturated heterocycles. The molecule has 29 heavy (non-hydrogen) atoms. The smallest absolute Gasteiger partial charge is 0.298 e. The molecular formula is C25H24F2N2. The van der Waals surface area contributed by atoms with Gasteiger partial charge in [-0.2, -0.15) is 8.78 Å². The van der Waals surface area contributed by atoms with E-state index in [1.54, 1.807) is 12.1 Å². The summed E-state index contributed by atoms with van der Waals surface area (Å²) >= 11 is 0. The zero-order valence-corrected chi connectivity index (χ0v) is 16.8. The summed E-state index contributed by atoms with van der Waals surface area (Å²) < 4.78 is 30.4. The van der Waals surface area contributed by atoms with Gasteiger partial charge in [-0.25, -0.2) is 0 Å². The minimum Gasteiger partial charge on any atom is -0.298 e. The van der Waals surface area contributed by atoms with Gasteiger partial charge >= 0.3 is 0 Å². The average molecular weight is 390 g/mol. The monoisotopic (exact) mass is 390 g/mol. The molecule has 2 aliphatic heterocycles. The number of aliphatic imine (C=N–C) groups is 1. The van der Waals surface area contributed by atoms with Crippen LogP contribution < -0.4 is 0 Å². The lowest BCUT2D eigenvalue weighted by Gasteiger charge is -2.20. The van der Waals surface area contributed by atoms with Gasteiger partial charge in [-0.1, -0.05) is 29.8 Å². The molecule has 6 rings (SSSR count). The molecule has 2 nitrogen and oxygen atoms in total. The molecule has 1 spiro atoms. The van der Waals surface area contributed by atoms with Crippen LogP contribution in [-0.2, 0) is 5.92 Å². The second-order valence-electron chi connectivity index (χ2n) is 9.47. The number of hydrogen-bond acceptors (Lipinski definition) is 2. The summed E-state index contributed by atoms with van der Waals surface area (Å²) in [6.07, 6.45) is 6.53. The second-order valence-corrected chi connectivity index (χ2v) is 9.47. The van der Waals surface area contributed by atoms with Crippen molar-refractivity contribution in [3.8, 4) is 11.1 Å². The van der Waals surface area contributed by atoms with Gasteiger partial charge in [-0.05, 0) is 73.0 Å². The molecule has 0 amide bonds. The van der Waals surface area contributed by atoms with Crippen molar-refractivity contribution in [2.75, 3.05) is 13.6 Å². The van der Waals surface area contributed by atoms with Crippen molar-refractivity contribution in [2.45, 2.75) is 44.6 Å². The van der Waals surface area contributed by atoms with E-state index in [0.717, 1.165) is 29.7 Å². The van der Waals surface area contributed by atoms with Crippen LogP contribution in [0.15, 0.2) is 47.6 Å². The molecule has 0 aromatic heterocycles. The van der Waals surface area contributed by atoms with Crippen LogP contribution in [0.1, 0.15) is 47.9 Å². The van der Waals surface area contributed by atoms with Crippen LogP contribution in [0.3, 0.4) is 0 Å². The van der Waals surface area contributed by atoms with Crippen molar-refractivity contribution < 1.29 is 8.78 Å². The number of likely N-dealkylation sites (tertiary alicyclic amines) is 1. The number of rotatable bonds is 2. The maximum atomic E-state index is 15.2. The van der Waals surface area contributed by atoms with Crippen LogP contribution in [-0.4, -0.2) is 30.2 Å². The minimum absolute atomic E-state index is 0.125. The van der Waals surface area contributed by atoms with Crippen molar-refractivity contribution in [1.29, 1.82) is 0 Å². The first-order chi connectivity index (χ1) is 13.9. The van der Waals surface area contributed by atoms with E-state index < -0.39 is 5.92 Å². The highest BCUT2D eigenvalue weighted by atomic mass is 19.3. The molecular weight excluding hydrogens is 366 g/mol. The number of benzene rings is 2. The lowest BCUT2D eigenvalue weighted by molar-refractivity contribution is 0.0479. The molecule has 148 valence electrons. The molecule has 2 aliphatic carbocycles. The number of hydrogen-bond donors (Lipinski definition) is 0. The fourth-order valence-corrected chi connectivity index (χ4v) is 5.55. The lowest BCUT2D eigenvalue weighted by atomic mass is 9.93. The number of aryl methyl sites for hydroxylation is 1. The summed E-state index contributed by atoms with van der Waals surface area (Å²) in [6.45, 7) is 3.02. The van der Waals surface area contributed by atoms with E-state index >= 15 is 8.78 Å². The Bertz CT molecular complexity index is 1110. The molecule has 0 N–H and O–H groups in total. The van der Waals surface area contributed by atoms with Crippen molar-refractivity contribution >= 4 is 11.3 Å². The molecule has 1 atom stereocenters. The quantitative estimate of drug-likeness (QED) is 0.634. The molecule has 2 aromatic rings. The van der Waals surface area contributed by atoms with Gasteiger partial charge in [-0.3, -0.25) is 9.89 Å². The number of halogens is 2. The van der Waals surface area contributed by atoms with Gasteiger partial charge in [0.2, 0.25) is 0 Å². The molecule has 1 saturated carbocycles. The highest BCUT2D eigenvalue weighted by Gasteiger charge is 2.52. The van der Waals surface area contributed by atoms with Crippen molar-refractivity contribution in [3.63, 3.8) is 0 Å². The fraction of sp³-hybridized carbons (Fsp3) is 0.400. The maximum Gasteiger partial charge on any atom is 0.299 e. The summed E-state index contributed by atoms with van der Waals surface area (Å²) in [4.78, 5) is 7.15. The third-order valence-electron chi connectivity index (χ3n) is 7.37. The molecule has 0 bridgehead atoms. The van der Waals surface area contributed by atoms with E-state index in [9.17, 15) is 0 Å². The topological polar surface area (TPSA) is 15.6 Å². The largest absolute Gasteiger partial charge is 0.299 e. The van der Waals surface area contributed by atoms with Gasteiger partial charge in [0.1, 0.15) is 0 Å². The third-order valence-corrected chi connectivity index (χ3v) is 7.37. The van der Waals surface area contributed by atoms with Crippen molar-refractivity contribution in [1.82, 2.24) is 4.90 Å². The SMILES string of the molecule is Cc1ccc2c(c1)C(F)(F)c1cc(C3=CN=C(C4CC5(CC5)CN4C)C3)ccc1-2. The molecule has 0 radical (unpaired) electrons. The van der Waals surface area contributed by atoms with Crippen LogP contribution in [0, 0.1) is 12.3 Å². The number of allylic oxidation sites excluding steroid dienone is 1. The predicted molar refractivity (Wildman–Crippen MR) is 112 cm³/mol. The second kappa shape index (κ2) is 5.63. The summed E-state index contributed by atoms with van der Waals surface area (Å²) in [7, 11) is 2.19. The Hall–Kier alpha value is -2.33. The Morgan fingerprint density at radius 1 is 1.03 bits per heavy atom.